The van der Waals surface area contributed by atoms with Gasteiger partial charge in [-0.05, 0) is 54.7 Å². The van der Waals surface area contributed by atoms with Crippen LogP contribution in [-0.2, 0) is 0 Å². The molecule has 3 aromatic carbocycles. The molecule has 41 heavy (non-hydrogen) atoms. The van der Waals surface area contributed by atoms with Gasteiger partial charge in [-0.2, -0.15) is 5.26 Å². The van der Waals surface area contributed by atoms with Crippen molar-refractivity contribution in [1.82, 2.24) is 20.0 Å². The molecule has 6 rings (SSSR count). The minimum absolute atomic E-state index is 0.0678. The number of aromatic nitrogens is 4. The number of nitriles is 1. The van der Waals surface area contributed by atoms with Crippen LogP contribution in [-0.4, -0.2) is 20.0 Å². The summed E-state index contributed by atoms with van der Waals surface area (Å²) >= 11 is 0. The van der Waals surface area contributed by atoms with Gasteiger partial charge in [0.1, 0.15) is 17.6 Å². The monoisotopic (exact) mass is 542 g/mol. The third-order valence-corrected chi connectivity index (χ3v) is 7.27. The lowest BCUT2D eigenvalue weighted by Crippen LogP contribution is -2.14. The fourth-order valence-corrected chi connectivity index (χ4v) is 4.96. The van der Waals surface area contributed by atoms with E-state index in [-0.39, 0.29) is 12.1 Å². The molecule has 0 spiro atoms. The Morgan fingerprint density at radius 2 is 1.88 bits per heavy atom. The Morgan fingerprint density at radius 1 is 1.10 bits per heavy atom. The van der Waals surface area contributed by atoms with E-state index < -0.39 is 11.8 Å². The Morgan fingerprint density at radius 3 is 2.56 bits per heavy atom. The molecule has 0 radical (unpaired) electrons. The number of halogens is 1. The van der Waals surface area contributed by atoms with Gasteiger partial charge in [0, 0.05) is 17.3 Å². The number of pyridine rings is 1. The predicted octanol–water partition coefficient (Wildman–Crippen LogP) is 6.92. The van der Waals surface area contributed by atoms with Crippen LogP contribution in [0.2, 0.25) is 0 Å². The van der Waals surface area contributed by atoms with Crippen molar-refractivity contribution in [1.29, 1.82) is 5.26 Å². The third kappa shape index (κ3) is 5.33. The lowest BCUT2D eigenvalue weighted by atomic mass is 10.00. The van der Waals surface area contributed by atoms with Crippen molar-refractivity contribution in [3.05, 3.63) is 113 Å². The maximum atomic E-state index is 13.9. The first-order chi connectivity index (χ1) is 20.4. The van der Waals surface area contributed by atoms with Crippen molar-refractivity contribution in [2.24, 2.45) is 0 Å². The predicted molar refractivity (Wildman–Crippen MR) is 158 cm³/mol. The quantitative estimate of drug-likeness (QED) is 0.197. The molecule has 202 valence electrons. The molecule has 7 nitrogen and oxygen atoms in total. The summed E-state index contributed by atoms with van der Waals surface area (Å²) in [7, 11) is 0. The van der Waals surface area contributed by atoms with Gasteiger partial charge < -0.3 is 10.6 Å². The molecular weight excluding hydrogens is 513 g/mol. The highest BCUT2D eigenvalue weighted by Gasteiger charge is 2.27. The molecule has 1 aliphatic carbocycles. The van der Waals surface area contributed by atoms with Crippen LogP contribution < -0.4 is 10.6 Å². The van der Waals surface area contributed by atoms with E-state index in [9.17, 15) is 11.0 Å². The van der Waals surface area contributed by atoms with Crippen LogP contribution in [0.3, 0.4) is 0 Å². The second kappa shape index (κ2) is 11.1. The van der Waals surface area contributed by atoms with Gasteiger partial charge in [-0.15, -0.1) is 11.5 Å². The van der Waals surface area contributed by atoms with Crippen LogP contribution >= 0.6 is 0 Å². The molecule has 1 fully saturated rings. The van der Waals surface area contributed by atoms with Crippen LogP contribution in [0.4, 0.5) is 15.8 Å². The average molecular weight is 543 g/mol. The second-order valence-electron chi connectivity index (χ2n) is 10.1. The zero-order valence-electron chi connectivity index (χ0n) is 23.5. The number of rotatable bonds is 9. The van der Waals surface area contributed by atoms with Gasteiger partial charge in [-0.1, -0.05) is 60.5 Å². The molecule has 2 aromatic heterocycles. The zero-order valence-corrected chi connectivity index (χ0v) is 22.5. The Labute approximate surface area is 239 Å². The Kier molecular flexibility index (Phi) is 6.72. The summed E-state index contributed by atoms with van der Waals surface area (Å²) in [6.07, 6.45) is 12.0. The number of fused-ring (bicyclic) bond motifs is 1. The molecule has 1 aliphatic rings. The fraction of sp³-hybridized carbons (Fsp3) is 0.212. The van der Waals surface area contributed by atoms with Crippen LogP contribution in [0, 0.1) is 29.5 Å². The minimum atomic E-state index is -1.62. The first kappa shape index (κ1) is 24.8. The SMILES string of the molecule is [2H][C@@](Nc1cc(C#C)c2ncc(C#N)c(N[C@H](CC)c3ccccc3)c2c1)(c1ccc(F)cc1)c1cn(C2CC2)nn1. The number of anilines is 2. The summed E-state index contributed by atoms with van der Waals surface area (Å²) in [5, 5.41) is 26.1. The van der Waals surface area contributed by atoms with Crippen molar-refractivity contribution in [2.45, 2.75) is 44.3 Å². The highest BCUT2D eigenvalue weighted by molar-refractivity contribution is 5.99. The molecule has 2 atom stereocenters. The molecule has 0 unspecified atom stereocenters. The lowest BCUT2D eigenvalue weighted by Gasteiger charge is -2.22. The number of nitrogens with zero attached hydrogens (tertiary/aromatic N) is 5. The van der Waals surface area contributed by atoms with Gasteiger partial charge in [0.2, 0.25) is 0 Å². The fourth-order valence-electron chi connectivity index (χ4n) is 4.96. The molecule has 0 aliphatic heterocycles. The van der Waals surface area contributed by atoms with E-state index in [1.54, 1.807) is 29.1 Å². The van der Waals surface area contributed by atoms with E-state index in [0.29, 0.717) is 44.7 Å². The summed E-state index contributed by atoms with van der Waals surface area (Å²) in [5.41, 5.74) is 4.48. The maximum absolute atomic E-state index is 13.9. The number of hydrogen-bond acceptors (Lipinski definition) is 6. The van der Waals surface area contributed by atoms with Gasteiger partial charge in [0.05, 0.1) is 48.0 Å². The summed E-state index contributed by atoms with van der Waals surface area (Å²) in [6.45, 7) is 2.08. The standard InChI is InChI=1S/C33H28FN7/c1-3-21-16-26(37-33(23-10-12-25(34)13-11-23)30-20-41(40-39-30)27-14-15-27)17-28-31(21)36-19-24(18-35)32(28)38-29(4-2)22-8-6-5-7-9-22/h1,5-13,16-17,19-20,27,29,33,37H,4,14-15H2,2H3,(H,36,38)/t29-,33-/m1/s1/i33D. The van der Waals surface area contributed by atoms with Crippen molar-refractivity contribution < 1.29 is 5.76 Å². The van der Waals surface area contributed by atoms with E-state index in [1.165, 1.54) is 18.3 Å². The van der Waals surface area contributed by atoms with Crippen molar-refractivity contribution in [3.63, 3.8) is 0 Å². The summed E-state index contributed by atoms with van der Waals surface area (Å²) in [5.74, 6) is 2.31. The Balaban J connectivity index is 1.49. The molecule has 0 bridgehead atoms. The summed E-state index contributed by atoms with van der Waals surface area (Å²) < 4.78 is 25.3. The first-order valence-electron chi connectivity index (χ1n) is 14.0. The maximum Gasteiger partial charge on any atom is 0.123 e. The highest BCUT2D eigenvalue weighted by Crippen LogP contribution is 2.37. The topological polar surface area (TPSA) is 91.5 Å². The molecular formula is C33H28FN7. The third-order valence-electron chi connectivity index (χ3n) is 7.27. The highest BCUT2D eigenvalue weighted by atomic mass is 19.1. The van der Waals surface area contributed by atoms with Gasteiger partial charge in [-0.3, -0.25) is 4.98 Å². The number of hydrogen-bond donors (Lipinski definition) is 2. The summed E-state index contributed by atoms with van der Waals surface area (Å²) in [4.78, 5) is 4.54. The molecule has 5 aromatic rings. The van der Waals surface area contributed by atoms with Crippen molar-refractivity contribution in [2.75, 3.05) is 10.6 Å². The molecule has 0 saturated heterocycles. The molecule has 2 heterocycles. The molecule has 1 saturated carbocycles. The van der Waals surface area contributed by atoms with E-state index in [1.807, 2.05) is 36.4 Å². The number of benzene rings is 3. The van der Waals surface area contributed by atoms with Gasteiger partial charge in [-0.25, -0.2) is 9.07 Å². The van der Waals surface area contributed by atoms with Crippen molar-refractivity contribution >= 4 is 22.3 Å². The van der Waals surface area contributed by atoms with Crippen LogP contribution in [0.25, 0.3) is 10.9 Å². The Hall–Kier alpha value is -5.21. The first-order valence-corrected chi connectivity index (χ1v) is 13.5. The van der Waals surface area contributed by atoms with Crippen molar-refractivity contribution in [3.8, 4) is 18.4 Å². The minimum Gasteiger partial charge on any atom is -0.377 e. The van der Waals surface area contributed by atoms with E-state index in [0.717, 1.165) is 24.8 Å². The van der Waals surface area contributed by atoms with Gasteiger partial charge >= 0.3 is 0 Å². The van der Waals surface area contributed by atoms with Crippen LogP contribution in [0.1, 0.15) is 73.6 Å². The van der Waals surface area contributed by atoms with Gasteiger partial charge in [0.15, 0.2) is 0 Å². The molecule has 0 amide bonds. The van der Waals surface area contributed by atoms with E-state index in [4.69, 9.17) is 6.42 Å². The normalized spacial score (nSPS) is 15.3. The number of terminal acetylenes is 1. The van der Waals surface area contributed by atoms with E-state index in [2.05, 4.69) is 44.8 Å². The second-order valence-corrected chi connectivity index (χ2v) is 10.1. The number of nitrogens with one attached hydrogen (secondary N) is 2. The van der Waals surface area contributed by atoms with Crippen LogP contribution in [0.15, 0.2) is 79.1 Å². The molecule has 2 N–H and O–H groups in total. The van der Waals surface area contributed by atoms with Gasteiger partial charge in [0.25, 0.3) is 0 Å². The smallest absolute Gasteiger partial charge is 0.123 e. The average Bonchev–Trinajstić information content (AvgIpc) is 3.75. The summed E-state index contributed by atoms with van der Waals surface area (Å²) in [6, 6.07) is 20.2. The molecule has 8 heteroatoms. The Bertz CT molecular complexity index is 1840. The van der Waals surface area contributed by atoms with E-state index >= 15 is 0 Å². The lowest BCUT2D eigenvalue weighted by molar-refractivity contribution is 0.610. The largest absolute Gasteiger partial charge is 0.377 e. The van der Waals surface area contributed by atoms with Crippen LogP contribution in [0.5, 0.6) is 0 Å². The zero-order chi connectivity index (χ0) is 29.3.